The fourth-order valence-electron chi connectivity index (χ4n) is 2.18. The van der Waals surface area contributed by atoms with Gasteiger partial charge in [0.05, 0.1) is 0 Å². The molecule has 0 spiro atoms. The first-order chi connectivity index (χ1) is 8.79. The minimum Gasteiger partial charge on any atom is -0.301 e. The SMILES string of the molecule is C=Cc1cn(-c2ccccc2)c2ncc(C)cc12. The predicted molar refractivity (Wildman–Crippen MR) is 75.9 cm³/mol. The molecule has 3 rings (SSSR count). The molecule has 88 valence electrons. The lowest BCUT2D eigenvalue weighted by Crippen LogP contribution is -1.93. The first-order valence-corrected chi connectivity index (χ1v) is 5.95. The van der Waals surface area contributed by atoms with E-state index in [1.165, 1.54) is 0 Å². The van der Waals surface area contributed by atoms with Gasteiger partial charge in [0.25, 0.3) is 0 Å². The molecule has 0 atom stereocenters. The van der Waals surface area contributed by atoms with E-state index in [0.717, 1.165) is 27.8 Å². The van der Waals surface area contributed by atoms with Crippen LogP contribution in [0.1, 0.15) is 11.1 Å². The number of para-hydroxylation sites is 1. The first kappa shape index (κ1) is 10.8. The van der Waals surface area contributed by atoms with E-state index in [2.05, 4.69) is 47.4 Å². The van der Waals surface area contributed by atoms with E-state index in [9.17, 15) is 0 Å². The molecule has 2 nitrogen and oxygen atoms in total. The highest BCUT2D eigenvalue weighted by molar-refractivity contribution is 5.88. The van der Waals surface area contributed by atoms with E-state index in [-0.39, 0.29) is 0 Å². The lowest BCUT2D eigenvalue weighted by Gasteiger charge is -2.03. The molecule has 0 radical (unpaired) electrons. The fraction of sp³-hybridized carbons (Fsp3) is 0.0625. The molecular formula is C16H14N2. The van der Waals surface area contributed by atoms with Gasteiger partial charge in [-0.05, 0) is 30.7 Å². The van der Waals surface area contributed by atoms with Crippen molar-refractivity contribution in [2.45, 2.75) is 6.92 Å². The summed E-state index contributed by atoms with van der Waals surface area (Å²) >= 11 is 0. The summed E-state index contributed by atoms with van der Waals surface area (Å²) in [5.41, 5.74) is 4.37. The molecule has 2 aromatic heterocycles. The Morgan fingerprint density at radius 1 is 1.22 bits per heavy atom. The number of benzene rings is 1. The summed E-state index contributed by atoms with van der Waals surface area (Å²) in [6, 6.07) is 12.4. The van der Waals surface area contributed by atoms with Gasteiger partial charge in [-0.1, -0.05) is 30.9 Å². The molecule has 2 heterocycles. The molecule has 18 heavy (non-hydrogen) atoms. The monoisotopic (exact) mass is 234 g/mol. The van der Waals surface area contributed by atoms with Crippen molar-refractivity contribution in [1.82, 2.24) is 9.55 Å². The van der Waals surface area contributed by atoms with Crippen molar-refractivity contribution in [2.75, 3.05) is 0 Å². The van der Waals surface area contributed by atoms with Crippen LogP contribution in [0.3, 0.4) is 0 Å². The summed E-state index contributed by atoms with van der Waals surface area (Å²) in [6.45, 7) is 5.93. The minimum atomic E-state index is 0.974. The summed E-state index contributed by atoms with van der Waals surface area (Å²) in [6.07, 6.45) is 5.86. The van der Waals surface area contributed by atoms with Crippen LogP contribution in [-0.4, -0.2) is 9.55 Å². The van der Waals surface area contributed by atoms with Gasteiger partial charge in [-0.2, -0.15) is 0 Å². The van der Waals surface area contributed by atoms with E-state index in [0.29, 0.717) is 0 Å². The van der Waals surface area contributed by atoms with Crippen LogP contribution in [0.2, 0.25) is 0 Å². The van der Waals surface area contributed by atoms with E-state index < -0.39 is 0 Å². The third-order valence-corrected chi connectivity index (χ3v) is 3.07. The first-order valence-electron chi connectivity index (χ1n) is 5.95. The molecule has 0 fully saturated rings. The third kappa shape index (κ3) is 1.63. The van der Waals surface area contributed by atoms with Gasteiger partial charge in [0.15, 0.2) is 0 Å². The van der Waals surface area contributed by atoms with Gasteiger partial charge in [-0.25, -0.2) is 4.98 Å². The molecule has 0 aliphatic carbocycles. The molecule has 0 saturated carbocycles. The lowest BCUT2D eigenvalue weighted by molar-refractivity contribution is 1.09. The maximum Gasteiger partial charge on any atom is 0.145 e. The van der Waals surface area contributed by atoms with Gasteiger partial charge in [0.2, 0.25) is 0 Å². The van der Waals surface area contributed by atoms with Crippen molar-refractivity contribution in [3.63, 3.8) is 0 Å². The van der Waals surface area contributed by atoms with Crippen LogP contribution in [0, 0.1) is 6.92 Å². The van der Waals surface area contributed by atoms with Gasteiger partial charge < -0.3 is 4.57 Å². The van der Waals surface area contributed by atoms with Crippen molar-refractivity contribution in [2.24, 2.45) is 0 Å². The van der Waals surface area contributed by atoms with Crippen molar-refractivity contribution in [1.29, 1.82) is 0 Å². The Balaban J connectivity index is 2.34. The number of pyridine rings is 1. The van der Waals surface area contributed by atoms with Gasteiger partial charge >= 0.3 is 0 Å². The minimum absolute atomic E-state index is 0.974. The number of aromatic nitrogens is 2. The van der Waals surface area contributed by atoms with Crippen molar-refractivity contribution >= 4 is 17.1 Å². The zero-order valence-corrected chi connectivity index (χ0v) is 10.3. The molecule has 1 aromatic carbocycles. The van der Waals surface area contributed by atoms with Crippen LogP contribution in [0.15, 0.2) is 55.4 Å². The highest BCUT2D eigenvalue weighted by Gasteiger charge is 2.08. The summed E-state index contributed by atoms with van der Waals surface area (Å²) < 4.78 is 2.10. The summed E-state index contributed by atoms with van der Waals surface area (Å²) in [5, 5.41) is 1.15. The second-order valence-electron chi connectivity index (χ2n) is 4.38. The second kappa shape index (κ2) is 4.15. The van der Waals surface area contributed by atoms with Crippen LogP contribution in [0.4, 0.5) is 0 Å². The lowest BCUT2D eigenvalue weighted by atomic mass is 10.2. The van der Waals surface area contributed by atoms with E-state index >= 15 is 0 Å². The Labute approximate surface area is 106 Å². The number of aryl methyl sites for hydroxylation is 1. The topological polar surface area (TPSA) is 17.8 Å². The van der Waals surface area contributed by atoms with Gasteiger partial charge in [-0.3, -0.25) is 0 Å². The Morgan fingerprint density at radius 2 is 2.00 bits per heavy atom. The molecule has 0 aliphatic heterocycles. The Hall–Kier alpha value is -2.35. The fourth-order valence-corrected chi connectivity index (χ4v) is 2.18. The van der Waals surface area contributed by atoms with Crippen molar-refractivity contribution in [3.8, 4) is 5.69 Å². The van der Waals surface area contributed by atoms with Gasteiger partial charge in [-0.15, -0.1) is 0 Å². The summed E-state index contributed by atoms with van der Waals surface area (Å²) in [5.74, 6) is 0. The number of fused-ring (bicyclic) bond motifs is 1. The second-order valence-corrected chi connectivity index (χ2v) is 4.38. The average Bonchev–Trinajstić information content (AvgIpc) is 2.77. The van der Waals surface area contributed by atoms with Crippen LogP contribution >= 0.6 is 0 Å². The van der Waals surface area contributed by atoms with Crippen LogP contribution < -0.4 is 0 Å². The maximum atomic E-state index is 4.54. The number of nitrogens with zero attached hydrogens (tertiary/aromatic N) is 2. The molecule has 3 aromatic rings. The number of hydrogen-bond donors (Lipinski definition) is 0. The molecule has 0 bridgehead atoms. The quantitative estimate of drug-likeness (QED) is 0.656. The highest BCUT2D eigenvalue weighted by atomic mass is 15.0. The summed E-state index contributed by atoms with van der Waals surface area (Å²) in [4.78, 5) is 4.54. The van der Waals surface area contributed by atoms with Crippen LogP contribution in [-0.2, 0) is 0 Å². The van der Waals surface area contributed by atoms with Gasteiger partial charge in [0.1, 0.15) is 5.65 Å². The zero-order valence-electron chi connectivity index (χ0n) is 10.3. The van der Waals surface area contributed by atoms with E-state index in [1.807, 2.05) is 30.5 Å². The van der Waals surface area contributed by atoms with Gasteiger partial charge in [0, 0.05) is 29.0 Å². The summed E-state index contributed by atoms with van der Waals surface area (Å²) in [7, 11) is 0. The largest absolute Gasteiger partial charge is 0.301 e. The molecule has 0 saturated heterocycles. The Kier molecular flexibility index (Phi) is 2.49. The molecule has 0 N–H and O–H groups in total. The highest BCUT2D eigenvalue weighted by Crippen LogP contribution is 2.24. The number of rotatable bonds is 2. The molecule has 0 unspecified atom stereocenters. The van der Waals surface area contributed by atoms with Crippen LogP contribution in [0.5, 0.6) is 0 Å². The Bertz CT molecular complexity index is 709. The molecule has 0 amide bonds. The third-order valence-electron chi connectivity index (χ3n) is 3.07. The Morgan fingerprint density at radius 3 is 2.72 bits per heavy atom. The van der Waals surface area contributed by atoms with Crippen LogP contribution in [0.25, 0.3) is 22.8 Å². The van der Waals surface area contributed by atoms with E-state index in [1.54, 1.807) is 0 Å². The van der Waals surface area contributed by atoms with Crippen molar-refractivity contribution in [3.05, 3.63) is 66.5 Å². The standard InChI is InChI=1S/C16H14N2/c1-3-13-11-18(14-7-5-4-6-8-14)16-15(13)9-12(2)10-17-16/h3-11H,1H2,2H3. The molecular weight excluding hydrogens is 220 g/mol. The average molecular weight is 234 g/mol. The normalized spacial score (nSPS) is 10.7. The predicted octanol–water partition coefficient (Wildman–Crippen LogP) is 3.98. The molecule has 0 aliphatic rings. The van der Waals surface area contributed by atoms with Crippen molar-refractivity contribution < 1.29 is 0 Å². The molecule has 2 heteroatoms. The van der Waals surface area contributed by atoms with E-state index in [4.69, 9.17) is 0 Å². The maximum absolute atomic E-state index is 4.54. The zero-order chi connectivity index (χ0) is 12.5. The smallest absolute Gasteiger partial charge is 0.145 e. The number of hydrogen-bond acceptors (Lipinski definition) is 1.